The molecule has 9 heteroatoms. The summed E-state index contributed by atoms with van der Waals surface area (Å²) in [6.07, 6.45) is 1.08. The number of nitro groups is 1. The number of hydrogen-bond donors (Lipinski definition) is 1. The van der Waals surface area contributed by atoms with E-state index in [2.05, 4.69) is 10.3 Å². The van der Waals surface area contributed by atoms with Crippen molar-refractivity contribution in [2.75, 3.05) is 5.32 Å². The molecule has 1 aromatic heterocycles. The number of amides is 1. The summed E-state index contributed by atoms with van der Waals surface area (Å²) in [4.78, 5) is 48.8. The lowest BCUT2D eigenvalue weighted by Gasteiger charge is -2.10. The van der Waals surface area contributed by atoms with Gasteiger partial charge in [-0.05, 0) is 22.7 Å². The zero-order valence-corrected chi connectivity index (χ0v) is 12.4. The average Bonchev–Trinajstić information content (AvgIpc) is 2.88. The number of nitrogens with zero attached hydrogens (tertiary/aromatic N) is 2. The third-order valence-electron chi connectivity index (χ3n) is 2.73. The van der Waals surface area contributed by atoms with Gasteiger partial charge in [0.15, 0.2) is 0 Å². The Bertz CT molecular complexity index is 569. The molecule has 0 aromatic carbocycles. The summed E-state index contributed by atoms with van der Waals surface area (Å²) in [5.74, 6) is -3.47. The van der Waals surface area contributed by atoms with Crippen LogP contribution in [0, 0.1) is 16.0 Å². The van der Waals surface area contributed by atoms with Crippen LogP contribution in [0.25, 0.3) is 0 Å². The van der Waals surface area contributed by atoms with Crippen LogP contribution in [0.5, 0.6) is 0 Å². The van der Waals surface area contributed by atoms with Crippen molar-refractivity contribution in [2.45, 2.75) is 33.1 Å². The second-order valence-corrected chi connectivity index (χ2v) is 5.12. The Morgan fingerprint density at radius 3 is 2.57 bits per heavy atom. The first kappa shape index (κ1) is 16.9. The smallest absolute Gasteiger partial charge is 0.358 e. The summed E-state index contributed by atoms with van der Waals surface area (Å²) >= 11 is 0.840. The van der Waals surface area contributed by atoms with E-state index < -0.39 is 28.3 Å². The van der Waals surface area contributed by atoms with Crippen LogP contribution in [0.3, 0.4) is 0 Å². The largest absolute Gasteiger partial charge is 0.376 e. The number of ketones is 2. The van der Waals surface area contributed by atoms with Crippen molar-refractivity contribution in [1.82, 2.24) is 4.98 Å². The van der Waals surface area contributed by atoms with Gasteiger partial charge in [0.25, 0.3) is 5.91 Å². The third kappa shape index (κ3) is 4.42. The molecule has 0 spiro atoms. The van der Waals surface area contributed by atoms with Gasteiger partial charge >= 0.3 is 10.9 Å². The van der Waals surface area contributed by atoms with Crippen molar-refractivity contribution in [1.29, 1.82) is 0 Å². The molecule has 0 bridgehead atoms. The van der Waals surface area contributed by atoms with E-state index in [-0.39, 0.29) is 23.8 Å². The Kier molecular flexibility index (Phi) is 6.10. The maximum absolute atomic E-state index is 11.9. The van der Waals surface area contributed by atoms with E-state index in [1.165, 1.54) is 0 Å². The number of Topliss-reactive ketones (excluding diaryl/α,β-unsaturated/α-hetero) is 2. The lowest BCUT2D eigenvalue weighted by Crippen LogP contribution is -2.33. The van der Waals surface area contributed by atoms with E-state index in [9.17, 15) is 24.5 Å². The number of nitrogens with one attached hydrogen (secondary N) is 1. The Morgan fingerprint density at radius 2 is 2.10 bits per heavy atom. The highest BCUT2D eigenvalue weighted by molar-refractivity contribution is 7.14. The van der Waals surface area contributed by atoms with Crippen LogP contribution in [-0.4, -0.2) is 27.4 Å². The molecule has 1 atom stereocenters. The van der Waals surface area contributed by atoms with Crippen LogP contribution in [0.15, 0.2) is 5.38 Å². The minimum atomic E-state index is -0.976. The Morgan fingerprint density at radius 1 is 1.43 bits per heavy atom. The molecule has 1 N–H and O–H groups in total. The number of anilines is 1. The molecule has 0 aliphatic rings. The molecule has 0 aliphatic carbocycles. The molecular formula is C12H15N3O5S. The predicted molar refractivity (Wildman–Crippen MR) is 76.1 cm³/mol. The van der Waals surface area contributed by atoms with Crippen molar-refractivity contribution < 1.29 is 19.3 Å². The monoisotopic (exact) mass is 313 g/mol. The molecule has 1 rings (SSSR count). The molecule has 0 fully saturated rings. The fraction of sp³-hybridized carbons (Fsp3) is 0.500. The summed E-state index contributed by atoms with van der Waals surface area (Å²) in [6.45, 7) is 3.46. The number of thiazole rings is 1. The average molecular weight is 313 g/mol. The number of hydrogen-bond acceptors (Lipinski definition) is 7. The first-order valence-electron chi connectivity index (χ1n) is 6.38. The van der Waals surface area contributed by atoms with Gasteiger partial charge in [-0.15, -0.1) is 0 Å². The van der Waals surface area contributed by atoms with E-state index in [0.29, 0.717) is 6.42 Å². The molecule has 0 aliphatic heterocycles. The fourth-order valence-electron chi connectivity index (χ4n) is 1.70. The maximum atomic E-state index is 11.9. The highest BCUT2D eigenvalue weighted by Gasteiger charge is 2.30. The number of rotatable bonds is 8. The highest BCUT2D eigenvalue weighted by atomic mass is 32.1. The van der Waals surface area contributed by atoms with E-state index in [4.69, 9.17) is 0 Å². The highest BCUT2D eigenvalue weighted by Crippen LogP contribution is 2.21. The predicted octanol–water partition coefficient (Wildman–Crippen LogP) is 1.95. The second-order valence-electron chi connectivity index (χ2n) is 4.26. The summed E-state index contributed by atoms with van der Waals surface area (Å²) in [5, 5.41) is 13.8. The normalized spacial score (nSPS) is 11.7. The Hall–Kier alpha value is -2.16. The summed E-state index contributed by atoms with van der Waals surface area (Å²) < 4.78 is 0. The van der Waals surface area contributed by atoms with Gasteiger partial charge in [-0.25, -0.2) is 0 Å². The molecule has 0 saturated heterocycles. The molecule has 0 radical (unpaired) electrons. The Balaban J connectivity index is 2.74. The Labute approximate surface area is 124 Å². The summed E-state index contributed by atoms with van der Waals surface area (Å²) in [6, 6.07) is 0. The topological polar surface area (TPSA) is 119 Å². The van der Waals surface area contributed by atoms with Crippen LogP contribution in [0.4, 0.5) is 10.9 Å². The standard InChI is InChI=1S/C12H15N3O5S/c1-3-5-8(16)7(4-2)10(17)11(18)14-12-13-9(6-21-12)15(19)20/h6-7H,3-5H2,1-2H3,(H,13,14,18)/t7-/m0/s1. The molecule has 21 heavy (non-hydrogen) atoms. The summed E-state index contributed by atoms with van der Waals surface area (Å²) in [7, 11) is 0. The van der Waals surface area contributed by atoms with E-state index >= 15 is 0 Å². The maximum Gasteiger partial charge on any atom is 0.376 e. The quantitative estimate of drug-likeness (QED) is 0.339. The molecular weight excluding hydrogens is 298 g/mol. The van der Waals surface area contributed by atoms with Crippen LogP contribution >= 0.6 is 11.3 Å². The van der Waals surface area contributed by atoms with Gasteiger partial charge in [-0.3, -0.25) is 19.7 Å². The van der Waals surface area contributed by atoms with E-state index in [0.717, 1.165) is 16.7 Å². The second kappa shape index (κ2) is 7.58. The van der Waals surface area contributed by atoms with E-state index in [1.54, 1.807) is 6.92 Å². The van der Waals surface area contributed by atoms with Crippen molar-refractivity contribution in [3.63, 3.8) is 0 Å². The van der Waals surface area contributed by atoms with Crippen molar-refractivity contribution >= 4 is 39.8 Å². The van der Waals surface area contributed by atoms with Gasteiger partial charge in [0.05, 0.1) is 11.3 Å². The minimum Gasteiger partial charge on any atom is -0.358 e. The molecule has 1 heterocycles. The fourth-order valence-corrected chi connectivity index (χ4v) is 2.36. The van der Waals surface area contributed by atoms with Gasteiger partial charge in [0, 0.05) is 6.42 Å². The number of carbonyl (C=O) groups excluding carboxylic acids is 3. The van der Waals surface area contributed by atoms with Crippen LogP contribution < -0.4 is 5.32 Å². The first-order chi connectivity index (χ1) is 9.90. The lowest BCUT2D eigenvalue weighted by molar-refractivity contribution is -0.389. The zero-order chi connectivity index (χ0) is 16.0. The minimum absolute atomic E-state index is 0.0437. The third-order valence-corrected chi connectivity index (χ3v) is 3.48. The van der Waals surface area contributed by atoms with Crippen LogP contribution in [-0.2, 0) is 14.4 Å². The summed E-state index contributed by atoms with van der Waals surface area (Å²) in [5.41, 5.74) is 0. The number of aromatic nitrogens is 1. The number of carbonyl (C=O) groups is 3. The molecule has 8 nitrogen and oxygen atoms in total. The first-order valence-corrected chi connectivity index (χ1v) is 7.26. The van der Waals surface area contributed by atoms with Crippen molar-refractivity contribution in [2.24, 2.45) is 5.92 Å². The van der Waals surface area contributed by atoms with Gasteiger partial charge in [0.1, 0.15) is 5.78 Å². The molecule has 0 unspecified atom stereocenters. The van der Waals surface area contributed by atoms with Gasteiger partial charge in [-0.1, -0.05) is 25.2 Å². The van der Waals surface area contributed by atoms with Gasteiger partial charge in [0.2, 0.25) is 5.78 Å². The molecule has 0 saturated carbocycles. The molecule has 114 valence electrons. The lowest BCUT2D eigenvalue weighted by atomic mass is 9.93. The van der Waals surface area contributed by atoms with Crippen LogP contribution in [0.2, 0.25) is 0 Å². The van der Waals surface area contributed by atoms with E-state index in [1.807, 2.05) is 6.92 Å². The molecule has 1 aromatic rings. The molecule has 1 amide bonds. The van der Waals surface area contributed by atoms with Crippen molar-refractivity contribution in [3.05, 3.63) is 15.5 Å². The SMILES string of the molecule is CCCC(=O)[C@H](CC)C(=O)C(=O)Nc1nc([N+](=O)[O-])cs1. The van der Waals surface area contributed by atoms with Crippen molar-refractivity contribution in [3.8, 4) is 0 Å². The van der Waals surface area contributed by atoms with Gasteiger partial charge < -0.3 is 10.1 Å². The zero-order valence-electron chi connectivity index (χ0n) is 11.6. The van der Waals surface area contributed by atoms with Crippen LogP contribution in [0.1, 0.15) is 33.1 Å². The van der Waals surface area contributed by atoms with Gasteiger partial charge in [-0.2, -0.15) is 0 Å².